The molecule has 0 unspecified atom stereocenters. The Morgan fingerprint density at radius 3 is 2.32 bits per heavy atom. The first-order chi connectivity index (χ1) is 16.5. The van der Waals surface area contributed by atoms with E-state index in [9.17, 15) is 9.59 Å². The van der Waals surface area contributed by atoms with Crippen molar-refractivity contribution in [1.29, 1.82) is 0 Å². The smallest absolute Gasteiger partial charge is 0.278 e. The van der Waals surface area contributed by atoms with E-state index in [0.29, 0.717) is 17.0 Å². The van der Waals surface area contributed by atoms with Gasteiger partial charge in [-0.25, -0.2) is 0 Å². The van der Waals surface area contributed by atoms with Crippen molar-refractivity contribution in [2.45, 2.75) is 33.2 Å². The second kappa shape index (κ2) is 9.14. The summed E-state index contributed by atoms with van der Waals surface area (Å²) in [6.07, 6.45) is 4.10. The summed E-state index contributed by atoms with van der Waals surface area (Å²) in [4.78, 5) is 34.9. The summed E-state index contributed by atoms with van der Waals surface area (Å²) in [6, 6.07) is 19.4. The number of benzene rings is 2. The van der Waals surface area contributed by atoms with Crippen LogP contribution in [0.3, 0.4) is 0 Å². The van der Waals surface area contributed by atoms with Crippen molar-refractivity contribution in [3.8, 4) is 0 Å². The molecule has 34 heavy (non-hydrogen) atoms. The van der Waals surface area contributed by atoms with Gasteiger partial charge in [-0.3, -0.25) is 19.5 Å². The lowest BCUT2D eigenvalue weighted by Crippen LogP contribution is -2.32. The van der Waals surface area contributed by atoms with Crippen LogP contribution >= 0.6 is 0 Å². The zero-order valence-corrected chi connectivity index (χ0v) is 19.5. The number of anilines is 2. The van der Waals surface area contributed by atoms with Gasteiger partial charge in [-0.2, -0.15) is 0 Å². The van der Waals surface area contributed by atoms with Crippen LogP contribution in [-0.4, -0.2) is 34.8 Å². The van der Waals surface area contributed by atoms with Crippen LogP contribution in [0, 0.1) is 13.8 Å². The Bertz CT molecular complexity index is 1260. The number of amides is 2. The van der Waals surface area contributed by atoms with Crippen molar-refractivity contribution in [1.82, 2.24) is 9.88 Å². The molecule has 2 aliphatic rings. The molecule has 0 spiro atoms. The van der Waals surface area contributed by atoms with Crippen LogP contribution in [0.4, 0.5) is 11.4 Å². The molecule has 2 amide bonds. The minimum Gasteiger partial charge on any atom is -0.372 e. The van der Waals surface area contributed by atoms with Crippen LogP contribution in [0.1, 0.15) is 35.2 Å². The topological polar surface area (TPSA) is 65.5 Å². The minimum absolute atomic E-state index is 0.131. The van der Waals surface area contributed by atoms with Crippen molar-refractivity contribution in [2.24, 2.45) is 0 Å². The summed E-state index contributed by atoms with van der Waals surface area (Å²) in [5.41, 5.74) is 6.27. The molecule has 3 heterocycles. The summed E-state index contributed by atoms with van der Waals surface area (Å²) in [5.74, 6) is -0.650. The van der Waals surface area contributed by atoms with E-state index in [0.717, 1.165) is 35.5 Å². The molecule has 6 heteroatoms. The number of aromatic nitrogens is 1. The summed E-state index contributed by atoms with van der Waals surface area (Å²) >= 11 is 0. The Kier molecular flexibility index (Phi) is 5.88. The van der Waals surface area contributed by atoms with E-state index >= 15 is 0 Å². The van der Waals surface area contributed by atoms with Gasteiger partial charge in [0.25, 0.3) is 11.8 Å². The van der Waals surface area contributed by atoms with Crippen LogP contribution in [0.15, 0.2) is 72.6 Å². The number of carbonyl (C=O) groups excluding carboxylic acids is 2. The van der Waals surface area contributed by atoms with Crippen LogP contribution in [-0.2, 0) is 16.1 Å². The lowest BCUT2D eigenvalue weighted by molar-refractivity contribution is -0.137. The fraction of sp³-hybridized carbons (Fsp3) is 0.250. The molecule has 1 N–H and O–H groups in total. The van der Waals surface area contributed by atoms with Crippen LogP contribution in [0.25, 0.3) is 5.57 Å². The van der Waals surface area contributed by atoms with E-state index in [4.69, 9.17) is 0 Å². The molecule has 0 radical (unpaired) electrons. The molecule has 3 aromatic rings. The molecule has 0 aliphatic carbocycles. The predicted octanol–water partition coefficient (Wildman–Crippen LogP) is 4.69. The van der Waals surface area contributed by atoms with Crippen molar-refractivity contribution in [3.05, 3.63) is 94.9 Å². The Labute approximate surface area is 199 Å². The lowest BCUT2D eigenvalue weighted by Gasteiger charge is -2.18. The van der Waals surface area contributed by atoms with Gasteiger partial charge in [0, 0.05) is 30.7 Å². The fourth-order valence-corrected chi connectivity index (χ4v) is 4.53. The number of imide groups is 1. The van der Waals surface area contributed by atoms with Gasteiger partial charge in [-0.05, 0) is 79.8 Å². The third-order valence-corrected chi connectivity index (χ3v) is 6.62. The molecule has 2 aromatic carbocycles. The summed E-state index contributed by atoms with van der Waals surface area (Å²) in [7, 11) is 0. The molecule has 6 nitrogen and oxygen atoms in total. The van der Waals surface area contributed by atoms with Gasteiger partial charge in [0.1, 0.15) is 5.70 Å². The standard InChI is InChI=1S/C28H28N4O2/c1-19-8-9-21(17-20(19)2)25-26(28(34)32(27(25)33)18-23-7-3-4-14-29-23)30-22-10-12-24(13-11-22)31-15-5-6-16-31/h3-4,7-14,17,30H,5-6,15-16,18H2,1-2H3. The maximum atomic E-state index is 13.5. The third-order valence-electron chi connectivity index (χ3n) is 6.62. The van der Waals surface area contributed by atoms with Gasteiger partial charge >= 0.3 is 0 Å². The first-order valence-electron chi connectivity index (χ1n) is 11.7. The highest BCUT2D eigenvalue weighted by atomic mass is 16.2. The number of carbonyl (C=O) groups is 2. The van der Waals surface area contributed by atoms with E-state index in [1.54, 1.807) is 6.20 Å². The Hall–Kier alpha value is -3.93. The quantitative estimate of drug-likeness (QED) is 0.550. The second-order valence-corrected chi connectivity index (χ2v) is 8.93. The monoisotopic (exact) mass is 452 g/mol. The summed E-state index contributed by atoms with van der Waals surface area (Å²) < 4.78 is 0. The number of pyridine rings is 1. The molecular formula is C28H28N4O2. The number of rotatable bonds is 6. The molecule has 1 aromatic heterocycles. The lowest BCUT2D eigenvalue weighted by atomic mass is 9.99. The fourth-order valence-electron chi connectivity index (χ4n) is 4.53. The highest BCUT2D eigenvalue weighted by Gasteiger charge is 2.39. The van der Waals surface area contributed by atoms with Gasteiger partial charge in [0.2, 0.25) is 0 Å². The minimum atomic E-state index is -0.340. The molecule has 5 rings (SSSR count). The van der Waals surface area contributed by atoms with Crippen molar-refractivity contribution in [3.63, 3.8) is 0 Å². The van der Waals surface area contributed by atoms with Crippen LogP contribution in [0.5, 0.6) is 0 Å². The average molecular weight is 453 g/mol. The molecule has 2 aliphatic heterocycles. The molecule has 1 fully saturated rings. The molecular weight excluding hydrogens is 424 g/mol. The zero-order chi connectivity index (χ0) is 23.7. The van der Waals surface area contributed by atoms with Gasteiger partial charge in [0.05, 0.1) is 17.8 Å². The van der Waals surface area contributed by atoms with E-state index in [2.05, 4.69) is 27.3 Å². The van der Waals surface area contributed by atoms with Crippen LogP contribution < -0.4 is 10.2 Å². The number of nitrogens with zero attached hydrogens (tertiary/aromatic N) is 3. The van der Waals surface area contributed by atoms with Gasteiger partial charge in [-0.1, -0.05) is 24.3 Å². The molecule has 0 atom stereocenters. The van der Waals surface area contributed by atoms with Crippen molar-refractivity contribution < 1.29 is 9.59 Å². The van der Waals surface area contributed by atoms with Gasteiger partial charge in [-0.15, -0.1) is 0 Å². The number of aryl methyl sites for hydroxylation is 2. The van der Waals surface area contributed by atoms with Gasteiger partial charge < -0.3 is 10.2 Å². The summed E-state index contributed by atoms with van der Waals surface area (Å²) in [6.45, 7) is 6.32. The Balaban J connectivity index is 1.49. The number of hydrogen-bond acceptors (Lipinski definition) is 5. The predicted molar refractivity (Wildman–Crippen MR) is 134 cm³/mol. The van der Waals surface area contributed by atoms with E-state index < -0.39 is 0 Å². The third kappa shape index (κ3) is 4.19. The first-order valence-corrected chi connectivity index (χ1v) is 11.7. The van der Waals surface area contributed by atoms with Gasteiger partial charge in [0.15, 0.2) is 0 Å². The zero-order valence-electron chi connectivity index (χ0n) is 19.5. The van der Waals surface area contributed by atoms with Crippen molar-refractivity contribution in [2.75, 3.05) is 23.3 Å². The number of nitrogens with one attached hydrogen (secondary N) is 1. The molecule has 172 valence electrons. The van der Waals surface area contributed by atoms with E-state index in [1.807, 2.05) is 62.4 Å². The Morgan fingerprint density at radius 2 is 1.65 bits per heavy atom. The average Bonchev–Trinajstić information content (AvgIpc) is 3.46. The largest absolute Gasteiger partial charge is 0.372 e. The SMILES string of the molecule is Cc1ccc(C2=C(Nc3ccc(N4CCCC4)cc3)C(=O)N(Cc3ccccn3)C2=O)cc1C. The summed E-state index contributed by atoms with van der Waals surface area (Å²) in [5, 5.41) is 3.27. The highest BCUT2D eigenvalue weighted by molar-refractivity contribution is 6.36. The van der Waals surface area contributed by atoms with E-state index in [-0.39, 0.29) is 18.4 Å². The molecule has 1 saturated heterocycles. The van der Waals surface area contributed by atoms with Crippen molar-refractivity contribution >= 4 is 28.8 Å². The highest BCUT2D eigenvalue weighted by Crippen LogP contribution is 2.33. The second-order valence-electron chi connectivity index (χ2n) is 8.93. The molecule has 0 saturated carbocycles. The normalized spacial score (nSPS) is 16.1. The Morgan fingerprint density at radius 1 is 0.882 bits per heavy atom. The van der Waals surface area contributed by atoms with E-state index in [1.165, 1.54) is 23.4 Å². The molecule has 0 bridgehead atoms. The van der Waals surface area contributed by atoms with Crippen LogP contribution in [0.2, 0.25) is 0 Å². The maximum Gasteiger partial charge on any atom is 0.278 e. The maximum absolute atomic E-state index is 13.5. The first kappa shape index (κ1) is 21.9. The number of hydrogen-bond donors (Lipinski definition) is 1.